The Bertz CT molecular complexity index is 226. The van der Waals surface area contributed by atoms with Gasteiger partial charge in [0.05, 0.1) is 5.51 Å². The zero-order valence-corrected chi connectivity index (χ0v) is 11.0. The number of rotatable bonds is 7. The van der Waals surface area contributed by atoms with Gasteiger partial charge in [-0.1, -0.05) is 22.4 Å². The van der Waals surface area contributed by atoms with Crippen LogP contribution in [0.4, 0.5) is 0 Å². The topological polar surface area (TPSA) is 16.1 Å². The Morgan fingerprint density at radius 2 is 2.29 bits per heavy atom. The van der Waals surface area contributed by atoms with Crippen molar-refractivity contribution in [2.45, 2.75) is 25.8 Å². The van der Waals surface area contributed by atoms with E-state index in [1.54, 1.807) is 11.3 Å². The minimum absolute atomic E-state index is 1.04. The zero-order chi connectivity index (χ0) is 10.2. The maximum absolute atomic E-state index is 4.07. The second-order valence-corrected chi connectivity index (χ2v) is 5.22. The molecule has 0 N–H and O–H groups in total. The molecule has 1 rings (SSSR count). The van der Waals surface area contributed by atoms with Gasteiger partial charge < -0.3 is 4.90 Å². The molecule has 0 fully saturated rings. The van der Waals surface area contributed by atoms with Crippen LogP contribution in [0.3, 0.4) is 0 Å². The van der Waals surface area contributed by atoms with Gasteiger partial charge in [-0.3, -0.25) is 4.98 Å². The molecule has 0 unspecified atom stereocenters. The number of hydrogen-bond acceptors (Lipinski definition) is 3. The minimum Gasteiger partial charge on any atom is -0.301 e. The average molecular weight is 277 g/mol. The lowest BCUT2D eigenvalue weighted by atomic mass is 10.2. The highest BCUT2D eigenvalue weighted by Gasteiger charge is 2.00. The van der Waals surface area contributed by atoms with Crippen molar-refractivity contribution in [1.82, 2.24) is 9.88 Å². The first-order valence-electron chi connectivity index (χ1n) is 4.95. The first kappa shape index (κ1) is 12.1. The van der Waals surface area contributed by atoms with E-state index < -0.39 is 0 Å². The van der Waals surface area contributed by atoms with Gasteiger partial charge in [0, 0.05) is 22.9 Å². The largest absolute Gasteiger partial charge is 0.301 e. The molecule has 0 radical (unpaired) electrons. The lowest BCUT2D eigenvalue weighted by Gasteiger charge is -2.14. The fourth-order valence-corrected chi connectivity index (χ4v) is 2.39. The summed E-state index contributed by atoms with van der Waals surface area (Å²) >= 11 is 5.18. The van der Waals surface area contributed by atoms with Crippen LogP contribution in [0.1, 0.15) is 24.1 Å². The van der Waals surface area contributed by atoms with Crippen molar-refractivity contribution >= 4 is 27.3 Å². The summed E-state index contributed by atoms with van der Waals surface area (Å²) in [6.07, 6.45) is 5.85. The molecule has 2 nitrogen and oxygen atoms in total. The van der Waals surface area contributed by atoms with Crippen LogP contribution in [0.25, 0.3) is 0 Å². The first-order valence-corrected chi connectivity index (χ1v) is 6.95. The van der Waals surface area contributed by atoms with Crippen LogP contribution < -0.4 is 0 Å². The summed E-state index contributed by atoms with van der Waals surface area (Å²) in [6, 6.07) is 0. The van der Waals surface area contributed by atoms with E-state index in [1.165, 1.54) is 30.7 Å². The molecule has 1 aromatic rings. The molecule has 0 bridgehead atoms. The highest BCUT2D eigenvalue weighted by molar-refractivity contribution is 9.09. The van der Waals surface area contributed by atoms with E-state index in [9.17, 15) is 0 Å². The molecular formula is C10H17BrN2S. The second kappa shape index (κ2) is 7.37. The van der Waals surface area contributed by atoms with Gasteiger partial charge in [-0.2, -0.15) is 0 Å². The van der Waals surface area contributed by atoms with Crippen LogP contribution >= 0.6 is 27.3 Å². The van der Waals surface area contributed by atoms with Gasteiger partial charge in [0.1, 0.15) is 0 Å². The molecule has 80 valence electrons. The van der Waals surface area contributed by atoms with Crippen molar-refractivity contribution in [3.63, 3.8) is 0 Å². The van der Waals surface area contributed by atoms with Crippen molar-refractivity contribution in [3.8, 4) is 0 Å². The third kappa shape index (κ3) is 5.08. The minimum atomic E-state index is 1.04. The second-order valence-electron chi connectivity index (χ2n) is 3.46. The van der Waals surface area contributed by atoms with Crippen LogP contribution in [0.15, 0.2) is 11.7 Å². The van der Waals surface area contributed by atoms with E-state index in [1.807, 2.05) is 11.7 Å². The van der Waals surface area contributed by atoms with Gasteiger partial charge in [0.25, 0.3) is 0 Å². The van der Waals surface area contributed by atoms with Crippen LogP contribution in [0, 0.1) is 0 Å². The molecule has 0 saturated heterocycles. The standard InChI is InChI=1S/C10H17BrN2S/c1-13(6-4-2-3-5-11)8-10-7-12-9-14-10/h7,9H,2-6,8H2,1H3. The first-order chi connectivity index (χ1) is 6.83. The third-order valence-electron chi connectivity index (χ3n) is 2.08. The van der Waals surface area contributed by atoms with Crippen LogP contribution in [-0.2, 0) is 6.54 Å². The summed E-state index contributed by atoms with van der Waals surface area (Å²) in [5.41, 5.74) is 1.90. The Labute approximate surface area is 98.5 Å². The van der Waals surface area contributed by atoms with Crippen molar-refractivity contribution in [2.24, 2.45) is 0 Å². The van der Waals surface area contributed by atoms with Gasteiger partial charge >= 0.3 is 0 Å². The van der Waals surface area contributed by atoms with E-state index in [0.29, 0.717) is 0 Å². The number of thiazole rings is 1. The molecular weight excluding hydrogens is 260 g/mol. The van der Waals surface area contributed by atoms with Crippen molar-refractivity contribution in [1.29, 1.82) is 0 Å². The van der Waals surface area contributed by atoms with Crippen molar-refractivity contribution in [2.75, 3.05) is 18.9 Å². The summed E-state index contributed by atoms with van der Waals surface area (Å²) in [6.45, 7) is 2.23. The summed E-state index contributed by atoms with van der Waals surface area (Å²) in [5.74, 6) is 0. The Hall–Kier alpha value is 0.0700. The van der Waals surface area contributed by atoms with E-state index in [-0.39, 0.29) is 0 Å². The third-order valence-corrected chi connectivity index (χ3v) is 3.41. The summed E-state index contributed by atoms with van der Waals surface area (Å²) in [7, 11) is 2.17. The van der Waals surface area contributed by atoms with Gasteiger partial charge in [0.15, 0.2) is 0 Å². The summed E-state index contributed by atoms with van der Waals surface area (Å²) in [4.78, 5) is 7.79. The zero-order valence-electron chi connectivity index (χ0n) is 8.58. The van der Waals surface area contributed by atoms with E-state index in [0.717, 1.165) is 11.9 Å². The SMILES string of the molecule is CN(CCCCCBr)Cc1cncs1. The van der Waals surface area contributed by atoms with E-state index in [2.05, 4.69) is 32.9 Å². The molecule has 1 heterocycles. The molecule has 0 aliphatic carbocycles. The Morgan fingerprint density at radius 3 is 2.93 bits per heavy atom. The van der Waals surface area contributed by atoms with Crippen molar-refractivity contribution < 1.29 is 0 Å². The van der Waals surface area contributed by atoms with Gasteiger partial charge in [0.2, 0.25) is 0 Å². The molecule has 0 aromatic carbocycles. The van der Waals surface area contributed by atoms with Crippen molar-refractivity contribution in [3.05, 3.63) is 16.6 Å². The number of unbranched alkanes of at least 4 members (excludes halogenated alkanes) is 2. The van der Waals surface area contributed by atoms with Crippen LogP contribution in [0.2, 0.25) is 0 Å². The normalized spacial score (nSPS) is 11.1. The highest BCUT2D eigenvalue weighted by Crippen LogP contribution is 2.09. The predicted octanol–water partition coefficient (Wildman–Crippen LogP) is 3.14. The fourth-order valence-electron chi connectivity index (χ4n) is 1.32. The quantitative estimate of drug-likeness (QED) is 0.562. The van der Waals surface area contributed by atoms with E-state index in [4.69, 9.17) is 0 Å². The van der Waals surface area contributed by atoms with Crippen LogP contribution in [0.5, 0.6) is 0 Å². The Morgan fingerprint density at radius 1 is 1.43 bits per heavy atom. The lowest BCUT2D eigenvalue weighted by Crippen LogP contribution is -2.18. The molecule has 1 aromatic heterocycles. The number of hydrogen-bond donors (Lipinski definition) is 0. The maximum atomic E-state index is 4.07. The molecule has 0 atom stereocenters. The molecule has 0 spiro atoms. The highest BCUT2D eigenvalue weighted by atomic mass is 79.9. The molecule has 0 aliphatic heterocycles. The van der Waals surface area contributed by atoms with Gasteiger partial charge in [-0.05, 0) is 26.4 Å². The Kier molecular flexibility index (Phi) is 6.39. The number of nitrogens with zero attached hydrogens (tertiary/aromatic N) is 2. The number of aromatic nitrogens is 1. The van der Waals surface area contributed by atoms with E-state index >= 15 is 0 Å². The van der Waals surface area contributed by atoms with Gasteiger partial charge in [-0.15, -0.1) is 11.3 Å². The van der Waals surface area contributed by atoms with Gasteiger partial charge in [-0.25, -0.2) is 0 Å². The monoisotopic (exact) mass is 276 g/mol. The molecule has 0 amide bonds. The maximum Gasteiger partial charge on any atom is 0.0794 e. The number of alkyl halides is 1. The predicted molar refractivity (Wildman–Crippen MR) is 66.1 cm³/mol. The summed E-state index contributed by atoms with van der Waals surface area (Å²) < 4.78 is 0. The smallest absolute Gasteiger partial charge is 0.0794 e. The molecule has 0 saturated carbocycles. The summed E-state index contributed by atoms with van der Waals surface area (Å²) in [5, 5.41) is 1.13. The number of halogens is 1. The average Bonchev–Trinajstić information content (AvgIpc) is 2.65. The molecule has 0 aliphatic rings. The lowest BCUT2D eigenvalue weighted by molar-refractivity contribution is 0.321. The molecule has 14 heavy (non-hydrogen) atoms. The fraction of sp³-hybridized carbons (Fsp3) is 0.700. The van der Waals surface area contributed by atoms with Crippen LogP contribution in [-0.4, -0.2) is 28.8 Å². The molecule has 4 heteroatoms. The Balaban J connectivity index is 2.07.